The van der Waals surface area contributed by atoms with Crippen molar-refractivity contribution < 1.29 is 0 Å². The van der Waals surface area contributed by atoms with Crippen LogP contribution in [0.15, 0.2) is 54.1 Å². The van der Waals surface area contributed by atoms with Crippen molar-refractivity contribution in [2.24, 2.45) is 0 Å². The van der Waals surface area contributed by atoms with E-state index in [-0.39, 0.29) is 0 Å². The fraction of sp³-hybridized carbons (Fsp3) is 0.176. The molecule has 1 atom stereocenters. The number of hydrogen-bond donors (Lipinski definition) is 0. The first kappa shape index (κ1) is 9.23. The normalized spacial score (nSPS) is 21.1. The van der Waals surface area contributed by atoms with Crippen molar-refractivity contribution in [2.45, 2.75) is 19.3 Å². The van der Waals surface area contributed by atoms with Gasteiger partial charge in [-0.2, -0.15) is 0 Å². The fourth-order valence-electron chi connectivity index (χ4n) is 3.30. The van der Waals surface area contributed by atoms with E-state index in [1.54, 1.807) is 0 Å². The molecule has 0 heterocycles. The summed E-state index contributed by atoms with van der Waals surface area (Å²) in [6, 6.07) is 13.4. The zero-order chi connectivity index (χ0) is 11.4. The first-order chi connectivity index (χ1) is 8.34. The molecule has 0 saturated carbocycles. The fourth-order valence-corrected chi connectivity index (χ4v) is 3.30. The average Bonchev–Trinajstić information content (AvgIpc) is 2.67. The summed E-state index contributed by atoms with van der Waals surface area (Å²) < 4.78 is 0. The van der Waals surface area contributed by atoms with Gasteiger partial charge >= 0.3 is 0 Å². The maximum absolute atomic E-state index is 2.32. The van der Waals surface area contributed by atoms with Crippen LogP contribution in [0.2, 0.25) is 0 Å². The molecule has 0 saturated heterocycles. The lowest BCUT2D eigenvalue weighted by Crippen LogP contribution is -2.00. The molecule has 2 aliphatic carbocycles. The highest BCUT2D eigenvalue weighted by molar-refractivity contribution is 6.03. The molecule has 0 heteroatoms. The van der Waals surface area contributed by atoms with Crippen LogP contribution in [0.1, 0.15) is 30.4 Å². The third-order valence-electron chi connectivity index (χ3n) is 4.07. The van der Waals surface area contributed by atoms with E-state index in [0.717, 1.165) is 0 Å². The molecule has 0 radical (unpaired) electrons. The van der Waals surface area contributed by atoms with Crippen LogP contribution < -0.4 is 0 Å². The van der Waals surface area contributed by atoms with Crippen molar-refractivity contribution in [3.8, 4) is 0 Å². The Hall–Kier alpha value is -1.82. The van der Waals surface area contributed by atoms with Gasteiger partial charge in [0.25, 0.3) is 0 Å². The smallest absolute Gasteiger partial charge is 0.0139 e. The van der Waals surface area contributed by atoms with Gasteiger partial charge in [-0.05, 0) is 40.8 Å². The summed E-state index contributed by atoms with van der Waals surface area (Å²) in [7, 11) is 0. The quantitative estimate of drug-likeness (QED) is 0.602. The second kappa shape index (κ2) is 3.10. The number of fused-ring (bicyclic) bond motifs is 3. The van der Waals surface area contributed by atoms with E-state index in [4.69, 9.17) is 0 Å². The first-order valence-electron chi connectivity index (χ1n) is 6.24. The summed E-state index contributed by atoms with van der Waals surface area (Å²) >= 11 is 0. The Labute approximate surface area is 101 Å². The molecule has 82 valence electrons. The predicted molar refractivity (Wildman–Crippen MR) is 73.0 cm³/mol. The Morgan fingerprint density at radius 1 is 1.00 bits per heavy atom. The highest BCUT2D eigenvalue weighted by Crippen LogP contribution is 2.50. The predicted octanol–water partition coefficient (Wildman–Crippen LogP) is 4.67. The van der Waals surface area contributed by atoms with Gasteiger partial charge in [0.1, 0.15) is 0 Å². The van der Waals surface area contributed by atoms with Crippen molar-refractivity contribution in [2.75, 3.05) is 0 Å². The van der Waals surface area contributed by atoms with Crippen LogP contribution in [0.25, 0.3) is 16.3 Å². The minimum atomic E-state index is 0.598. The number of allylic oxidation sites excluding steroid dienone is 4. The standard InChI is InChI=1S/C17H14/c1-11-8-9-13-14-6-2-4-12-5-3-7-15(17(12)14)16(13)10-11/h2-9,16H,10H2,1H3. The molecule has 0 N–H and O–H groups in total. The van der Waals surface area contributed by atoms with Gasteiger partial charge in [-0.25, -0.2) is 0 Å². The van der Waals surface area contributed by atoms with Crippen LogP contribution in [-0.2, 0) is 0 Å². The molecule has 0 bridgehead atoms. The van der Waals surface area contributed by atoms with Crippen molar-refractivity contribution in [3.05, 3.63) is 65.3 Å². The van der Waals surface area contributed by atoms with Crippen LogP contribution in [-0.4, -0.2) is 0 Å². The molecule has 2 aliphatic rings. The van der Waals surface area contributed by atoms with Gasteiger partial charge in [0, 0.05) is 5.92 Å². The maximum atomic E-state index is 2.32. The minimum absolute atomic E-state index is 0.598. The Kier molecular flexibility index (Phi) is 1.69. The van der Waals surface area contributed by atoms with Crippen molar-refractivity contribution >= 4 is 16.3 Å². The van der Waals surface area contributed by atoms with E-state index in [9.17, 15) is 0 Å². The molecule has 1 unspecified atom stereocenters. The third-order valence-corrected chi connectivity index (χ3v) is 4.07. The Morgan fingerprint density at radius 3 is 2.71 bits per heavy atom. The minimum Gasteiger partial charge on any atom is -0.0724 e. The molecule has 0 aromatic heterocycles. The summed E-state index contributed by atoms with van der Waals surface area (Å²) in [6.45, 7) is 2.23. The molecule has 4 rings (SSSR count). The van der Waals surface area contributed by atoms with Crippen LogP contribution in [0.4, 0.5) is 0 Å². The monoisotopic (exact) mass is 218 g/mol. The van der Waals surface area contributed by atoms with Crippen molar-refractivity contribution in [1.82, 2.24) is 0 Å². The highest BCUT2D eigenvalue weighted by atomic mass is 14.3. The van der Waals surface area contributed by atoms with E-state index in [1.165, 1.54) is 39.5 Å². The number of rotatable bonds is 0. The molecular formula is C17H14. The van der Waals surface area contributed by atoms with Crippen LogP contribution in [0.3, 0.4) is 0 Å². The summed E-state index contributed by atoms with van der Waals surface area (Å²) in [6.07, 6.45) is 5.77. The second-order valence-corrected chi connectivity index (χ2v) is 5.14. The maximum Gasteiger partial charge on any atom is 0.0139 e. The molecule has 2 aromatic rings. The Morgan fingerprint density at radius 2 is 1.82 bits per heavy atom. The van der Waals surface area contributed by atoms with Gasteiger partial charge in [0.15, 0.2) is 0 Å². The highest BCUT2D eigenvalue weighted by Gasteiger charge is 2.29. The van der Waals surface area contributed by atoms with Gasteiger partial charge < -0.3 is 0 Å². The summed E-state index contributed by atoms with van der Waals surface area (Å²) in [5.74, 6) is 0.598. The van der Waals surface area contributed by atoms with Gasteiger partial charge in [-0.15, -0.1) is 0 Å². The Bertz CT molecular complexity index is 681. The first-order valence-corrected chi connectivity index (χ1v) is 6.24. The molecular weight excluding hydrogens is 204 g/mol. The topological polar surface area (TPSA) is 0 Å². The molecule has 0 nitrogen and oxygen atoms in total. The lowest BCUT2D eigenvalue weighted by molar-refractivity contribution is 0.852. The summed E-state index contributed by atoms with van der Waals surface area (Å²) in [4.78, 5) is 0. The van der Waals surface area contributed by atoms with Gasteiger partial charge in [-0.3, -0.25) is 0 Å². The van der Waals surface area contributed by atoms with E-state index in [0.29, 0.717) is 5.92 Å². The Balaban J connectivity index is 2.11. The second-order valence-electron chi connectivity index (χ2n) is 5.14. The van der Waals surface area contributed by atoms with E-state index in [1.807, 2.05) is 0 Å². The van der Waals surface area contributed by atoms with Gasteiger partial charge in [-0.1, -0.05) is 54.1 Å². The third kappa shape index (κ3) is 1.13. The largest absolute Gasteiger partial charge is 0.0724 e. The van der Waals surface area contributed by atoms with Crippen molar-refractivity contribution in [1.29, 1.82) is 0 Å². The summed E-state index contributed by atoms with van der Waals surface area (Å²) in [5, 5.41) is 2.86. The van der Waals surface area contributed by atoms with E-state index in [2.05, 4.69) is 55.5 Å². The molecule has 0 amide bonds. The molecule has 0 spiro atoms. The van der Waals surface area contributed by atoms with Crippen molar-refractivity contribution in [3.63, 3.8) is 0 Å². The van der Waals surface area contributed by atoms with E-state index >= 15 is 0 Å². The van der Waals surface area contributed by atoms with Crippen LogP contribution in [0, 0.1) is 0 Å². The number of benzene rings is 2. The summed E-state index contributed by atoms with van der Waals surface area (Å²) in [5.41, 5.74) is 5.98. The van der Waals surface area contributed by atoms with Crippen LogP contribution >= 0.6 is 0 Å². The number of hydrogen-bond acceptors (Lipinski definition) is 0. The van der Waals surface area contributed by atoms with Gasteiger partial charge in [0.05, 0.1) is 0 Å². The van der Waals surface area contributed by atoms with Crippen LogP contribution in [0.5, 0.6) is 0 Å². The van der Waals surface area contributed by atoms with Gasteiger partial charge in [0.2, 0.25) is 0 Å². The average molecular weight is 218 g/mol. The zero-order valence-corrected chi connectivity index (χ0v) is 9.90. The molecule has 0 aliphatic heterocycles. The lowest BCUT2D eigenvalue weighted by Gasteiger charge is -2.18. The lowest BCUT2D eigenvalue weighted by atomic mass is 9.86. The molecule has 2 aromatic carbocycles. The zero-order valence-electron chi connectivity index (χ0n) is 9.90. The molecule has 0 fully saturated rings. The SMILES string of the molecule is CC1=CC=C2c3cccc4cccc(c34)C2C1. The van der Waals surface area contributed by atoms with E-state index < -0.39 is 0 Å². The molecule has 17 heavy (non-hydrogen) atoms.